The molecule has 16 heavy (non-hydrogen) atoms. The molecular weight excluding hydrogens is 222 g/mol. The second kappa shape index (κ2) is 4.27. The summed E-state index contributed by atoms with van der Waals surface area (Å²) in [6.07, 6.45) is 2.57. The van der Waals surface area contributed by atoms with Crippen LogP contribution in [-0.4, -0.2) is 6.61 Å². The van der Waals surface area contributed by atoms with Crippen molar-refractivity contribution < 1.29 is 4.74 Å². The fraction of sp³-hybridized carbons (Fsp3) is 0.538. The summed E-state index contributed by atoms with van der Waals surface area (Å²) >= 11 is 6.16. The first-order valence-corrected chi connectivity index (χ1v) is 6.06. The average Bonchev–Trinajstić information content (AvgIpc) is 2.98. The maximum atomic E-state index is 6.16. The normalized spacial score (nSPS) is 16.2. The monoisotopic (exact) mass is 239 g/mol. The quantitative estimate of drug-likeness (QED) is 0.875. The Morgan fingerprint density at radius 2 is 2.12 bits per heavy atom. The van der Waals surface area contributed by atoms with Gasteiger partial charge in [-0.2, -0.15) is 0 Å². The van der Waals surface area contributed by atoms with Crippen molar-refractivity contribution in [2.75, 3.05) is 6.61 Å². The Balaban J connectivity index is 2.09. The highest BCUT2D eigenvalue weighted by molar-refractivity contribution is 6.32. The van der Waals surface area contributed by atoms with Gasteiger partial charge < -0.3 is 10.5 Å². The van der Waals surface area contributed by atoms with Crippen molar-refractivity contribution in [1.82, 2.24) is 0 Å². The van der Waals surface area contributed by atoms with E-state index in [1.165, 1.54) is 12.8 Å². The minimum absolute atomic E-state index is 0.362. The van der Waals surface area contributed by atoms with E-state index in [9.17, 15) is 0 Å². The first-order chi connectivity index (χ1) is 7.47. The molecule has 0 unspecified atom stereocenters. The average molecular weight is 240 g/mol. The summed E-state index contributed by atoms with van der Waals surface area (Å²) in [5.74, 6) is 1.50. The largest absolute Gasteiger partial charge is 0.492 e. The number of ether oxygens (including phenoxy) is 1. The molecule has 0 aromatic heterocycles. The molecule has 2 N–H and O–H groups in total. The number of nitrogens with two attached hydrogens (primary N) is 1. The summed E-state index contributed by atoms with van der Waals surface area (Å²) in [7, 11) is 0. The molecule has 1 aromatic carbocycles. The van der Waals surface area contributed by atoms with Gasteiger partial charge in [0.05, 0.1) is 11.6 Å². The molecule has 2 nitrogen and oxygen atoms in total. The molecule has 0 heterocycles. The van der Waals surface area contributed by atoms with Gasteiger partial charge in [0.1, 0.15) is 5.75 Å². The lowest BCUT2D eigenvalue weighted by Crippen LogP contribution is -2.28. The summed E-state index contributed by atoms with van der Waals surface area (Å²) < 4.78 is 5.66. The SMILES string of the molecule is CC(C)(N)c1ccc(OCC2CC2)c(Cl)c1. The zero-order valence-electron chi connectivity index (χ0n) is 9.79. The molecule has 1 fully saturated rings. The topological polar surface area (TPSA) is 35.2 Å². The number of hydrogen-bond donors (Lipinski definition) is 1. The zero-order valence-corrected chi connectivity index (χ0v) is 10.6. The van der Waals surface area contributed by atoms with Crippen LogP contribution in [0.4, 0.5) is 0 Å². The van der Waals surface area contributed by atoms with Gasteiger partial charge in [-0.05, 0) is 50.3 Å². The van der Waals surface area contributed by atoms with Crippen LogP contribution in [0.1, 0.15) is 32.3 Å². The van der Waals surface area contributed by atoms with Crippen molar-refractivity contribution >= 4 is 11.6 Å². The molecule has 1 saturated carbocycles. The molecule has 0 radical (unpaired) electrons. The van der Waals surface area contributed by atoms with E-state index in [1.807, 2.05) is 32.0 Å². The minimum Gasteiger partial charge on any atom is -0.492 e. The van der Waals surface area contributed by atoms with Crippen LogP contribution in [0.25, 0.3) is 0 Å². The van der Waals surface area contributed by atoms with E-state index in [4.69, 9.17) is 22.1 Å². The number of halogens is 1. The Labute approximate surface area is 102 Å². The van der Waals surface area contributed by atoms with Crippen LogP contribution in [0.15, 0.2) is 18.2 Å². The lowest BCUT2D eigenvalue weighted by atomic mass is 9.96. The summed E-state index contributed by atoms with van der Waals surface area (Å²) in [6, 6.07) is 5.78. The summed E-state index contributed by atoms with van der Waals surface area (Å²) in [4.78, 5) is 0. The Kier molecular flexibility index (Phi) is 3.13. The maximum absolute atomic E-state index is 6.16. The Morgan fingerprint density at radius 1 is 1.44 bits per heavy atom. The third-order valence-electron chi connectivity index (χ3n) is 2.85. The molecular formula is C13H18ClNO. The second-order valence-corrected chi connectivity index (χ2v) is 5.53. The number of hydrogen-bond acceptors (Lipinski definition) is 2. The van der Waals surface area contributed by atoms with E-state index in [0.717, 1.165) is 23.8 Å². The van der Waals surface area contributed by atoms with Crippen molar-refractivity contribution in [3.63, 3.8) is 0 Å². The number of rotatable bonds is 4. The van der Waals surface area contributed by atoms with Crippen molar-refractivity contribution in [1.29, 1.82) is 0 Å². The van der Waals surface area contributed by atoms with Crippen molar-refractivity contribution in [2.24, 2.45) is 11.7 Å². The van der Waals surface area contributed by atoms with Crippen molar-refractivity contribution in [3.05, 3.63) is 28.8 Å². The van der Waals surface area contributed by atoms with Crippen LogP contribution in [0.3, 0.4) is 0 Å². The fourth-order valence-corrected chi connectivity index (χ4v) is 1.75. The van der Waals surface area contributed by atoms with Gasteiger partial charge in [-0.1, -0.05) is 17.7 Å². The summed E-state index contributed by atoms with van der Waals surface area (Å²) in [5.41, 5.74) is 6.67. The number of benzene rings is 1. The Bertz CT molecular complexity index is 380. The van der Waals surface area contributed by atoms with Crippen molar-refractivity contribution in [2.45, 2.75) is 32.2 Å². The van der Waals surface area contributed by atoms with E-state index in [-0.39, 0.29) is 5.54 Å². The smallest absolute Gasteiger partial charge is 0.137 e. The molecule has 0 aliphatic heterocycles. The standard InChI is InChI=1S/C13H18ClNO/c1-13(2,15)10-5-6-12(11(14)7-10)16-8-9-3-4-9/h5-7,9H,3-4,8,15H2,1-2H3. The highest BCUT2D eigenvalue weighted by Crippen LogP contribution is 2.33. The van der Waals surface area contributed by atoms with Crippen LogP contribution in [0.5, 0.6) is 5.75 Å². The molecule has 3 heteroatoms. The molecule has 88 valence electrons. The molecule has 0 spiro atoms. The van der Waals surface area contributed by atoms with Gasteiger partial charge in [0, 0.05) is 5.54 Å². The molecule has 0 saturated heterocycles. The third-order valence-corrected chi connectivity index (χ3v) is 3.14. The van der Waals surface area contributed by atoms with Crippen LogP contribution in [-0.2, 0) is 5.54 Å². The lowest BCUT2D eigenvalue weighted by Gasteiger charge is -2.20. The first-order valence-electron chi connectivity index (χ1n) is 5.68. The molecule has 1 aliphatic carbocycles. The molecule has 0 atom stereocenters. The van der Waals surface area contributed by atoms with E-state index in [2.05, 4.69) is 0 Å². The zero-order chi connectivity index (χ0) is 11.8. The Morgan fingerprint density at radius 3 is 2.62 bits per heavy atom. The van der Waals surface area contributed by atoms with Gasteiger partial charge in [0.25, 0.3) is 0 Å². The molecule has 1 aromatic rings. The highest BCUT2D eigenvalue weighted by atomic mass is 35.5. The summed E-state index contributed by atoms with van der Waals surface area (Å²) in [6.45, 7) is 4.71. The summed E-state index contributed by atoms with van der Waals surface area (Å²) in [5, 5.41) is 0.650. The van der Waals surface area contributed by atoms with Gasteiger partial charge in [-0.25, -0.2) is 0 Å². The van der Waals surface area contributed by atoms with Crippen LogP contribution in [0.2, 0.25) is 5.02 Å². The first kappa shape index (κ1) is 11.7. The van der Waals surface area contributed by atoms with E-state index >= 15 is 0 Å². The predicted molar refractivity (Wildman–Crippen MR) is 66.9 cm³/mol. The molecule has 0 amide bonds. The Hall–Kier alpha value is -0.730. The van der Waals surface area contributed by atoms with Gasteiger partial charge in [0.2, 0.25) is 0 Å². The van der Waals surface area contributed by atoms with E-state index in [0.29, 0.717) is 5.02 Å². The predicted octanol–water partition coefficient (Wildman–Crippen LogP) is 3.32. The van der Waals surface area contributed by atoms with E-state index in [1.54, 1.807) is 0 Å². The van der Waals surface area contributed by atoms with Crippen LogP contribution >= 0.6 is 11.6 Å². The van der Waals surface area contributed by atoms with Crippen molar-refractivity contribution in [3.8, 4) is 5.75 Å². The fourth-order valence-electron chi connectivity index (χ4n) is 1.51. The van der Waals surface area contributed by atoms with Crippen LogP contribution < -0.4 is 10.5 Å². The molecule has 0 bridgehead atoms. The lowest BCUT2D eigenvalue weighted by molar-refractivity contribution is 0.299. The van der Waals surface area contributed by atoms with Gasteiger partial charge in [-0.15, -0.1) is 0 Å². The van der Waals surface area contributed by atoms with E-state index < -0.39 is 0 Å². The molecule has 2 rings (SSSR count). The van der Waals surface area contributed by atoms with Gasteiger partial charge >= 0.3 is 0 Å². The minimum atomic E-state index is -0.362. The highest BCUT2D eigenvalue weighted by Gasteiger charge is 2.22. The molecule has 1 aliphatic rings. The second-order valence-electron chi connectivity index (χ2n) is 5.12. The third kappa shape index (κ3) is 2.89. The van der Waals surface area contributed by atoms with Gasteiger partial charge in [-0.3, -0.25) is 0 Å². The van der Waals surface area contributed by atoms with Crippen LogP contribution in [0, 0.1) is 5.92 Å². The van der Waals surface area contributed by atoms with Gasteiger partial charge in [0.15, 0.2) is 0 Å². The maximum Gasteiger partial charge on any atom is 0.137 e.